The van der Waals surface area contributed by atoms with Crippen LogP contribution in [-0.4, -0.2) is 14.2 Å². The first-order valence-corrected chi connectivity index (χ1v) is 7.38. The van der Waals surface area contributed by atoms with Gasteiger partial charge in [0.1, 0.15) is 5.82 Å². The number of halogens is 1. The molecule has 0 amide bonds. The van der Waals surface area contributed by atoms with Gasteiger partial charge in [0.05, 0.1) is 32.3 Å². The molecule has 0 saturated carbocycles. The Hall–Kier alpha value is -3.05. The number of rotatable bonds is 6. The zero-order valence-electron chi connectivity index (χ0n) is 13.5. The molecule has 0 heterocycles. The molecule has 24 heavy (non-hydrogen) atoms. The summed E-state index contributed by atoms with van der Waals surface area (Å²) >= 11 is 0. The molecule has 0 spiro atoms. The quantitative estimate of drug-likeness (QED) is 0.800. The van der Waals surface area contributed by atoms with Crippen LogP contribution in [0.1, 0.15) is 29.4 Å². The first-order chi connectivity index (χ1) is 11.6. The summed E-state index contributed by atoms with van der Waals surface area (Å²) < 4.78 is 24.0. The zero-order valence-corrected chi connectivity index (χ0v) is 13.5. The van der Waals surface area contributed by atoms with Crippen LogP contribution in [-0.2, 0) is 0 Å². The Morgan fingerprint density at radius 3 is 2.33 bits per heavy atom. The standard InChI is InChI=1S/C19H17FN2O2/c1-23-18-7-6-14(11-19(18)24-2)16(8-9-21)17(12-22)13-4-3-5-15(20)10-13/h3-7,10-11,16-17H,8H2,1-2H3/t16-,17+/m0/s1. The summed E-state index contributed by atoms with van der Waals surface area (Å²) in [4.78, 5) is 0. The monoisotopic (exact) mass is 324 g/mol. The lowest BCUT2D eigenvalue weighted by molar-refractivity contribution is 0.354. The highest BCUT2D eigenvalue weighted by atomic mass is 19.1. The predicted octanol–water partition coefficient (Wildman–Crippen LogP) is 4.15. The molecule has 2 atom stereocenters. The number of hydrogen-bond donors (Lipinski definition) is 0. The second-order valence-corrected chi connectivity index (χ2v) is 5.24. The molecule has 0 aliphatic rings. The third kappa shape index (κ3) is 3.64. The molecule has 0 aliphatic carbocycles. The lowest BCUT2D eigenvalue weighted by atomic mass is 9.80. The average molecular weight is 324 g/mol. The minimum absolute atomic E-state index is 0.129. The summed E-state index contributed by atoms with van der Waals surface area (Å²) in [5.74, 6) is -0.360. The van der Waals surface area contributed by atoms with Gasteiger partial charge in [-0.15, -0.1) is 0 Å². The van der Waals surface area contributed by atoms with Crippen molar-refractivity contribution in [3.63, 3.8) is 0 Å². The second-order valence-electron chi connectivity index (χ2n) is 5.24. The van der Waals surface area contributed by atoms with Crippen LogP contribution in [0.3, 0.4) is 0 Å². The molecule has 0 aliphatic heterocycles. The largest absolute Gasteiger partial charge is 0.493 e. The van der Waals surface area contributed by atoms with Crippen LogP contribution in [0, 0.1) is 28.5 Å². The summed E-state index contributed by atoms with van der Waals surface area (Å²) in [5, 5.41) is 18.8. The highest BCUT2D eigenvalue weighted by Gasteiger charge is 2.26. The van der Waals surface area contributed by atoms with E-state index in [1.54, 1.807) is 30.3 Å². The van der Waals surface area contributed by atoms with Crippen LogP contribution < -0.4 is 9.47 Å². The third-order valence-electron chi connectivity index (χ3n) is 3.90. The minimum atomic E-state index is -0.640. The van der Waals surface area contributed by atoms with E-state index < -0.39 is 17.7 Å². The third-order valence-corrected chi connectivity index (χ3v) is 3.90. The lowest BCUT2D eigenvalue weighted by Gasteiger charge is -2.21. The molecule has 0 N–H and O–H groups in total. The molecule has 0 saturated heterocycles. The average Bonchev–Trinajstić information content (AvgIpc) is 2.61. The molecule has 0 fully saturated rings. The van der Waals surface area contributed by atoms with Gasteiger partial charge in [-0.3, -0.25) is 0 Å². The van der Waals surface area contributed by atoms with Crippen LogP contribution in [0.15, 0.2) is 42.5 Å². The zero-order chi connectivity index (χ0) is 17.5. The van der Waals surface area contributed by atoms with E-state index in [0.717, 1.165) is 5.56 Å². The normalized spacial score (nSPS) is 12.5. The Morgan fingerprint density at radius 1 is 1.00 bits per heavy atom. The molecular formula is C19H17FN2O2. The van der Waals surface area contributed by atoms with Crippen LogP contribution in [0.25, 0.3) is 0 Å². The van der Waals surface area contributed by atoms with Crippen molar-refractivity contribution in [3.8, 4) is 23.6 Å². The Bertz CT molecular complexity index is 793. The molecule has 2 rings (SSSR count). The van der Waals surface area contributed by atoms with Gasteiger partial charge >= 0.3 is 0 Å². The maximum absolute atomic E-state index is 13.5. The van der Waals surface area contributed by atoms with Crippen molar-refractivity contribution in [2.45, 2.75) is 18.3 Å². The summed E-state index contributed by atoms with van der Waals surface area (Å²) in [5.41, 5.74) is 1.32. The predicted molar refractivity (Wildman–Crippen MR) is 87.3 cm³/mol. The molecule has 2 aromatic rings. The first-order valence-electron chi connectivity index (χ1n) is 7.38. The Labute approximate surface area is 140 Å². The summed E-state index contributed by atoms with van der Waals surface area (Å²) in [6, 6.07) is 15.5. The van der Waals surface area contributed by atoms with E-state index in [1.807, 2.05) is 0 Å². The fourth-order valence-electron chi connectivity index (χ4n) is 2.71. The SMILES string of the molecule is COc1ccc([C@H](CC#N)[C@H](C#N)c2cccc(F)c2)cc1OC. The molecule has 0 bridgehead atoms. The number of nitrogens with zero attached hydrogens (tertiary/aromatic N) is 2. The molecule has 122 valence electrons. The van der Waals surface area contributed by atoms with Gasteiger partial charge in [0.25, 0.3) is 0 Å². The van der Waals surface area contributed by atoms with Crippen molar-refractivity contribution in [2.24, 2.45) is 0 Å². The summed E-state index contributed by atoms with van der Waals surface area (Å²) in [6.07, 6.45) is 0.129. The summed E-state index contributed by atoms with van der Waals surface area (Å²) in [6.45, 7) is 0. The molecule has 0 aromatic heterocycles. The molecule has 0 unspecified atom stereocenters. The van der Waals surface area contributed by atoms with Gasteiger partial charge in [0, 0.05) is 12.3 Å². The number of ether oxygens (including phenoxy) is 2. The lowest BCUT2D eigenvalue weighted by Crippen LogP contribution is -2.10. The molecule has 2 aromatic carbocycles. The number of nitriles is 2. The van der Waals surface area contributed by atoms with Crippen LogP contribution in [0.2, 0.25) is 0 Å². The molecule has 5 heteroatoms. The van der Waals surface area contributed by atoms with Crippen molar-refractivity contribution >= 4 is 0 Å². The Morgan fingerprint density at radius 2 is 1.75 bits per heavy atom. The number of hydrogen-bond acceptors (Lipinski definition) is 4. The van der Waals surface area contributed by atoms with E-state index in [0.29, 0.717) is 17.1 Å². The molecule has 4 nitrogen and oxygen atoms in total. The van der Waals surface area contributed by atoms with Gasteiger partial charge in [-0.2, -0.15) is 10.5 Å². The van der Waals surface area contributed by atoms with E-state index in [4.69, 9.17) is 9.47 Å². The Kier molecular flexibility index (Phi) is 5.76. The fourth-order valence-corrected chi connectivity index (χ4v) is 2.71. The van der Waals surface area contributed by atoms with Crippen molar-refractivity contribution in [1.82, 2.24) is 0 Å². The van der Waals surface area contributed by atoms with Crippen LogP contribution in [0.5, 0.6) is 11.5 Å². The van der Waals surface area contributed by atoms with Gasteiger partial charge in [-0.1, -0.05) is 18.2 Å². The van der Waals surface area contributed by atoms with Gasteiger partial charge in [0.2, 0.25) is 0 Å². The Balaban J connectivity index is 2.48. The summed E-state index contributed by atoms with van der Waals surface area (Å²) in [7, 11) is 3.06. The maximum Gasteiger partial charge on any atom is 0.160 e. The van der Waals surface area contributed by atoms with Crippen LogP contribution >= 0.6 is 0 Å². The van der Waals surface area contributed by atoms with E-state index in [2.05, 4.69) is 12.1 Å². The highest BCUT2D eigenvalue weighted by molar-refractivity contribution is 5.45. The van der Waals surface area contributed by atoms with Crippen molar-refractivity contribution in [2.75, 3.05) is 14.2 Å². The fraction of sp³-hybridized carbons (Fsp3) is 0.263. The van der Waals surface area contributed by atoms with E-state index in [9.17, 15) is 14.9 Å². The minimum Gasteiger partial charge on any atom is -0.493 e. The van der Waals surface area contributed by atoms with Crippen molar-refractivity contribution in [3.05, 3.63) is 59.4 Å². The number of benzene rings is 2. The molecule has 0 radical (unpaired) electrons. The van der Waals surface area contributed by atoms with Crippen LogP contribution in [0.4, 0.5) is 4.39 Å². The van der Waals surface area contributed by atoms with Crippen molar-refractivity contribution < 1.29 is 13.9 Å². The van der Waals surface area contributed by atoms with Gasteiger partial charge in [-0.25, -0.2) is 4.39 Å². The van der Waals surface area contributed by atoms with Gasteiger partial charge in [0.15, 0.2) is 11.5 Å². The van der Waals surface area contributed by atoms with Gasteiger partial charge < -0.3 is 9.47 Å². The smallest absolute Gasteiger partial charge is 0.160 e. The first kappa shape index (κ1) is 17.3. The van der Waals surface area contributed by atoms with Gasteiger partial charge in [-0.05, 0) is 35.4 Å². The van der Waals surface area contributed by atoms with Crippen molar-refractivity contribution in [1.29, 1.82) is 10.5 Å². The molecular weight excluding hydrogens is 307 g/mol. The number of methoxy groups -OCH3 is 2. The van der Waals surface area contributed by atoms with E-state index in [-0.39, 0.29) is 6.42 Å². The van der Waals surface area contributed by atoms with E-state index in [1.165, 1.54) is 26.4 Å². The topological polar surface area (TPSA) is 66.0 Å². The van der Waals surface area contributed by atoms with E-state index >= 15 is 0 Å². The maximum atomic E-state index is 13.5. The second kappa shape index (κ2) is 7.99. The highest BCUT2D eigenvalue weighted by Crippen LogP contribution is 2.39.